The van der Waals surface area contributed by atoms with Crippen molar-refractivity contribution < 1.29 is 9.59 Å². The maximum atomic E-state index is 12.6. The molecular formula is C20H16N4O2. The van der Waals surface area contributed by atoms with Gasteiger partial charge < -0.3 is 0 Å². The molecule has 1 aliphatic carbocycles. The average molecular weight is 344 g/mol. The van der Waals surface area contributed by atoms with E-state index in [-0.39, 0.29) is 35.5 Å². The molecule has 2 aromatic rings. The van der Waals surface area contributed by atoms with E-state index in [1.807, 2.05) is 60.7 Å². The first-order valence-corrected chi connectivity index (χ1v) is 8.61. The third-order valence-corrected chi connectivity index (χ3v) is 5.50. The number of fused-ring (bicyclic) bond motifs is 4. The van der Waals surface area contributed by atoms with Gasteiger partial charge in [-0.15, -0.1) is 0 Å². The van der Waals surface area contributed by atoms with Crippen LogP contribution in [-0.4, -0.2) is 23.2 Å². The average Bonchev–Trinajstić information content (AvgIpc) is 2.67. The van der Waals surface area contributed by atoms with E-state index in [0.29, 0.717) is 0 Å². The number of hydrazone groups is 2. The Kier molecular flexibility index (Phi) is 3.25. The van der Waals surface area contributed by atoms with Crippen LogP contribution in [0.1, 0.15) is 11.1 Å². The summed E-state index contributed by atoms with van der Waals surface area (Å²) < 4.78 is 0. The van der Waals surface area contributed by atoms with E-state index < -0.39 is 0 Å². The second-order valence-electron chi connectivity index (χ2n) is 6.78. The van der Waals surface area contributed by atoms with Crippen molar-refractivity contribution in [3.05, 3.63) is 71.8 Å². The van der Waals surface area contributed by atoms with Gasteiger partial charge >= 0.3 is 0 Å². The van der Waals surface area contributed by atoms with Crippen molar-refractivity contribution in [2.24, 2.45) is 33.9 Å². The lowest BCUT2D eigenvalue weighted by atomic mass is 9.51. The zero-order valence-corrected chi connectivity index (χ0v) is 13.8. The lowest BCUT2D eigenvalue weighted by Gasteiger charge is -2.53. The molecule has 2 N–H and O–H groups in total. The number of nitrogens with zero attached hydrogens (tertiary/aromatic N) is 2. The van der Waals surface area contributed by atoms with Gasteiger partial charge in [-0.2, -0.15) is 10.2 Å². The SMILES string of the molecule is O=C1NN=C(c2ccccc2)C2C1C1C(c3ccccc3)=NNC(=O)C21. The molecule has 2 aliphatic heterocycles. The van der Waals surface area contributed by atoms with Crippen LogP contribution in [0.4, 0.5) is 0 Å². The van der Waals surface area contributed by atoms with Crippen LogP contribution in [0.5, 0.6) is 0 Å². The molecule has 0 radical (unpaired) electrons. The van der Waals surface area contributed by atoms with Crippen molar-refractivity contribution in [3.8, 4) is 0 Å². The van der Waals surface area contributed by atoms with Gasteiger partial charge in [-0.25, -0.2) is 10.9 Å². The van der Waals surface area contributed by atoms with Gasteiger partial charge in [0, 0.05) is 11.8 Å². The molecule has 0 spiro atoms. The van der Waals surface area contributed by atoms with E-state index in [1.54, 1.807) is 0 Å². The normalized spacial score (nSPS) is 29.2. The summed E-state index contributed by atoms with van der Waals surface area (Å²) in [5.74, 6) is -1.42. The Morgan fingerprint density at radius 1 is 0.577 bits per heavy atom. The highest BCUT2D eigenvalue weighted by Gasteiger charge is 2.63. The monoisotopic (exact) mass is 344 g/mol. The number of amides is 2. The van der Waals surface area contributed by atoms with Crippen molar-refractivity contribution in [1.82, 2.24) is 10.9 Å². The van der Waals surface area contributed by atoms with Crippen molar-refractivity contribution >= 4 is 23.2 Å². The van der Waals surface area contributed by atoms with Gasteiger partial charge in [0.05, 0.1) is 23.3 Å². The smallest absolute Gasteiger partial charge is 0.244 e. The van der Waals surface area contributed by atoms with Gasteiger partial charge in [-0.3, -0.25) is 9.59 Å². The first kappa shape index (κ1) is 15.0. The number of nitrogens with one attached hydrogen (secondary N) is 2. The minimum Gasteiger partial charge on any atom is -0.273 e. The van der Waals surface area contributed by atoms with Gasteiger partial charge in [0.1, 0.15) is 0 Å². The molecule has 0 aromatic heterocycles. The summed E-state index contributed by atoms with van der Waals surface area (Å²) in [5.41, 5.74) is 8.67. The van der Waals surface area contributed by atoms with Crippen molar-refractivity contribution in [1.29, 1.82) is 0 Å². The Labute approximate surface area is 150 Å². The number of hydrogen-bond acceptors (Lipinski definition) is 4. The molecular weight excluding hydrogens is 328 g/mol. The summed E-state index contributed by atoms with van der Waals surface area (Å²) in [6, 6.07) is 19.4. The first-order chi connectivity index (χ1) is 12.8. The molecule has 2 aromatic carbocycles. The third-order valence-electron chi connectivity index (χ3n) is 5.50. The van der Waals surface area contributed by atoms with Crippen molar-refractivity contribution in [2.45, 2.75) is 0 Å². The molecule has 2 heterocycles. The van der Waals surface area contributed by atoms with E-state index in [2.05, 4.69) is 21.1 Å². The zero-order valence-electron chi connectivity index (χ0n) is 13.8. The van der Waals surface area contributed by atoms with Gasteiger partial charge in [0.25, 0.3) is 0 Å². The van der Waals surface area contributed by atoms with Crippen LogP contribution in [0.25, 0.3) is 0 Å². The summed E-state index contributed by atoms with van der Waals surface area (Å²) in [7, 11) is 0. The standard InChI is InChI=1S/C20H16N4O2/c25-19-15-13(17(21-23-19)11-7-3-1-4-8-11)16-14(15)18(22-24-20(16)26)12-9-5-2-6-10-12/h1-10,13-16H,(H,23,25)(H,24,26). The highest BCUT2D eigenvalue weighted by Crippen LogP contribution is 2.52. The van der Waals surface area contributed by atoms with E-state index in [0.717, 1.165) is 22.6 Å². The van der Waals surface area contributed by atoms with Gasteiger partial charge in [-0.1, -0.05) is 60.7 Å². The molecule has 1 fully saturated rings. The Morgan fingerprint density at radius 3 is 1.35 bits per heavy atom. The lowest BCUT2D eigenvalue weighted by Crippen LogP contribution is -2.67. The van der Waals surface area contributed by atoms with Crippen LogP contribution in [-0.2, 0) is 9.59 Å². The zero-order chi connectivity index (χ0) is 17.7. The molecule has 0 unspecified atom stereocenters. The predicted octanol–water partition coefficient (Wildman–Crippen LogP) is 1.53. The molecule has 0 saturated heterocycles. The summed E-state index contributed by atoms with van der Waals surface area (Å²) in [6.07, 6.45) is 0. The number of hydrogen-bond donors (Lipinski definition) is 2. The van der Waals surface area contributed by atoms with E-state index >= 15 is 0 Å². The summed E-state index contributed by atoms with van der Waals surface area (Å²) in [6.45, 7) is 0. The molecule has 26 heavy (non-hydrogen) atoms. The second kappa shape index (κ2) is 5.62. The van der Waals surface area contributed by atoms with Crippen LogP contribution in [0, 0.1) is 23.7 Å². The number of benzene rings is 2. The highest BCUT2D eigenvalue weighted by molar-refractivity contribution is 6.17. The molecule has 2 amide bonds. The van der Waals surface area contributed by atoms with Gasteiger partial charge in [0.15, 0.2) is 0 Å². The minimum atomic E-state index is -0.335. The minimum absolute atomic E-state index is 0.144. The van der Waals surface area contributed by atoms with Crippen LogP contribution >= 0.6 is 0 Å². The Morgan fingerprint density at radius 2 is 0.962 bits per heavy atom. The third kappa shape index (κ3) is 2.05. The fraction of sp³-hybridized carbons (Fsp3) is 0.200. The molecule has 3 aliphatic rings. The van der Waals surface area contributed by atoms with Crippen LogP contribution < -0.4 is 10.9 Å². The van der Waals surface area contributed by atoms with Crippen LogP contribution in [0.3, 0.4) is 0 Å². The molecule has 128 valence electrons. The predicted molar refractivity (Wildman–Crippen MR) is 96.2 cm³/mol. The van der Waals surface area contributed by atoms with E-state index in [4.69, 9.17) is 0 Å². The molecule has 6 nitrogen and oxygen atoms in total. The highest BCUT2D eigenvalue weighted by atomic mass is 16.2. The number of carbonyl (C=O) groups excluding carboxylic acids is 2. The van der Waals surface area contributed by atoms with E-state index in [1.165, 1.54) is 0 Å². The summed E-state index contributed by atoms with van der Waals surface area (Å²) >= 11 is 0. The lowest BCUT2D eigenvalue weighted by molar-refractivity contribution is -0.144. The molecule has 6 heteroatoms. The van der Waals surface area contributed by atoms with E-state index in [9.17, 15) is 9.59 Å². The summed E-state index contributed by atoms with van der Waals surface area (Å²) in [5, 5.41) is 8.57. The molecule has 0 bridgehead atoms. The second-order valence-corrected chi connectivity index (χ2v) is 6.78. The van der Waals surface area contributed by atoms with Crippen molar-refractivity contribution in [2.75, 3.05) is 0 Å². The Bertz CT molecular complexity index is 865. The maximum Gasteiger partial charge on any atom is 0.244 e. The Balaban J connectivity index is 1.58. The largest absolute Gasteiger partial charge is 0.273 e. The van der Waals surface area contributed by atoms with Crippen molar-refractivity contribution in [3.63, 3.8) is 0 Å². The fourth-order valence-corrected chi connectivity index (χ4v) is 4.34. The van der Waals surface area contributed by atoms with Crippen LogP contribution in [0.15, 0.2) is 70.9 Å². The number of rotatable bonds is 2. The first-order valence-electron chi connectivity index (χ1n) is 8.61. The molecule has 5 rings (SSSR count). The van der Waals surface area contributed by atoms with Gasteiger partial charge in [-0.05, 0) is 11.1 Å². The van der Waals surface area contributed by atoms with Gasteiger partial charge in [0.2, 0.25) is 11.8 Å². The Hall–Kier alpha value is -3.28. The maximum absolute atomic E-state index is 12.6. The number of carbonyl (C=O) groups is 2. The molecule has 0 atom stereocenters. The topological polar surface area (TPSA) is 82.9 Å². The fourth-order valence-electron chi connectivity index (χ4n) is 4.34. The summed E-state index contributed by atoms with van der Waals surface area (Å²) in [4.78, 5) is 25.1. The van der Waals surface area contributed by atoms with Crippen LogP contribution in [0.2, 0.25) is 0 Å². The quantitative estimate of drug-likeness (QED) is 0.866. The molecule has 1 saturated carbocycles.